The maximum Gasteiger partial charge on any atom is 0.335 e. The van der Waals surface area contributed by atoms with Gasteiger partial charge in [-0.1, -0.05) is 0 Å². The number of benzene rings is 1. The van der Waals surface area contributed by atoms with Gasteiger partial charge in [0, 0.05) is 0 Å². The summed E-state index contributed by atoms with van der Waals surface area (Å²) in [7, 11) is -4.55. The van der Waals surface area contributed by atoms with Gasteiger partial charge in [0.15, 0.2) is 0 Å². The van der Waals surface area contributed by atoms with Crippen molar-refractivity contribution in [2.24, 2.45) is 0 Å². The smallest absolute Gasteiger partial charge is 0.335 e. The first kappa shape index (κ1) is 11.3. The second kappa shape index (κ2) is 3.41. The first-order valence-electron chi connectivity index (χ1n) is 3.63. The number of carboxylic acid groups (broad SMARTS) is 1. The highest BCUT2D eigenvalue weighted by atomic mass is 32.2. The molecule has 0 fully saturated rings. The van der Waals surface area contributed by atoms with E-state index in [-0.39, 0.29) is 5.56 Å². The van der Waals surface area contributed by atoms with Crippen LogP contribution in [0.1, 0.15) is 10.4 Å². The van der Waals surface area contributed by atoms with Crippen LogP contribution in [0.5, 0.6) is 0 Å². The van der Waals surface area contributed by atoms with Crippen molar-refractivity contribution in [2.45, 2.75) is 4.90 Å². The van der Waals surface area contributed by atoms with Gasteiger partial charge in [-0.25, -0.2) is 4.79 Å². The molecule has 0 unspecified atom stereocenters. The number of nitrogen functional groups attached to an aromatic ring is 2. The van der Waals surface area contributed by atoms with Gasteiger partial charge >= 0.3 is 5.97 Å². The Hall–Kier alpha value is -1.80. The lowest BCUT2D eigenvalue weighted by molar-refractivity contribution is 0.0697. The van der Waals surface area contributed by atoms with Gasteiger partial charge in [0.1, 0.15) is 4.90 Å². The number of hydrogen-bond donors (Lipinski definition) is 4. The van der Waals surface area contributed by atoms with E-state index in [0.29, 0.717) is 0 Å². The third-order valence-corrected chi connectivity index (χ3v) is 2.64. The first-order chi connectivity index (χ1) is 6.73. The van der Waals surface area contributed by atoms with E-state index >= 15 is 0 Å². The number of carbonyl (C=O) groups is 1. The summed E-state index contributed by atoms with van der Waals surface area (Å²) in [5.41, 5.74) is 9.46. The molecule has 0 aliphatic rings. The predicted molar refractivity (Wildman–Crippen MR) is 52.0 cm³/mol. The van der Waals surface area contributed by atoms with Crippen molar-refractivity contribution in [3.63, 3.8) is 0 Å². The standard InChI is InChI=1S/C7H8N2O5S/c8-4-1-3(7(10)11)2-5(9)6(4)15(12,13)14/h1-2H,8-9H2,(H,10,11)(H,12,13,14). The zero-order valence-electron chi connectivity index (χ0n) is 7.34. The second-order valence-corrected chi connectivity index (χ2v) is 4.12. The first-order valence-corrected chi connectivity index (χ1v) is 5.07. The van der Waals surface area contributed by atoms with Crippen LogP contribution in [0.3, 0.4) is 0 Å². The number of anilines is 2. The summed E-state index contributed by atoms with van der Waals surface area (Å²) >= 11 is 0. The summed E-state index contributed by atoms with van der Waals surface area (Å²) in [5, 5.41) is 8.60. The van der Waals surface area contributed by atoms with Crippen molar-refractivity contribution in [3.8, 4) is 0 Å². The number of carboxylic acids is 1. The molecule has 6 N–H and O–H groups in total. The molecule has 0 bridgehead atoms. The van der Waals surface area contributed by atoms with Crippen molar-refractivity contribution < 1.29 is 22.9 Å². The molecule has 0 saturated carbocycles. The van der Waals surface area contributed by atoms with Gasteiger partial charge in [-0.05, 0) is 12.1 Å². The zero-order chi connectivity index (χ0) is 11.8. The largest absolute Gasteiger partial charge is 0.478 e. The Bertz CT molecular complexity index is 499. The van der Waals surface area contributed by atoms with Crippen LogP contribution in [0.2, 0.25) is 0 Å². The van der Waals surface area contributed by atoms with E-state index in [4.69, 9.17) is 21.1 Å². The highest BCUT2D eigenvalue weighted by molar-refractivity contribution is 7.86. The molecule has 1 aromatic carbocycles. The Balaban J connectivity index is 3.55. The van der Waals surface area contributed by atoms with Gasteiger partial charge in [0.2, 0.25) is 0 Å². The molecular formula is C7H8N2O5S. The topological polar surface area (TPSA) is 144 Å². The van der Waals surface area contributed by atoms with Crippen LogP contribution in [0.4, 0.5) is 11.4 Å². The molecule has 7 nitrogen and oxygen atoms in total. The Morgan fingerprint density at radius 3 is 1.87 bits per heavy atom. The van der Waals surface area contributed by atoms with Crippen molar-refractivity contribution >= 4 is 27.5 Å². The second-order valence-electron chi connectivity index (χ2n) is 2.76. The van der Waals surface area contributed by atoms with Gasteiger partial charge in [-0.3, -0.25) is 4.55 Å². The van der Waals surface area contributed by atoms with Gasteiger partial charge in [-0.15, -0.1) is 0 Å². The normalized spacial score (nSPS) is 11.3. The third-order valence-electron chi connectivity index (χ3n) is 1.65. The minimum atomic E-state index is -4.55. The Kier molecular flexibility index (Phi) is 2.56. The quantitative estimate of drug-likeness (QED) is 0.408. The Labute approximate surface area is 85.1 Å². The summed E-state index contributed by atoms with van der Waals surface area (Å²) < 4.78 is 30.4. The van der Waals surface area contributed by atoms with Gasteiger partial charge in [0.25, 0.3) is 10.1 Å². The fraction of sp³-hybridized carbons (Fsp3) is 0. The third kappa shape index (κ3) is 2.17. The van der Waals surface area contributed by atoms with Gasteiger partial charge < -0.3 is 16.6 Å². The van der Waals surface area contributed by atoms with E-state index in [0.717, 1.165) is 12.1 Å². The molecule has 15 heavy (non-hydrogen) atoms. The van der Waals surface area contributed by atoms with Crippen LogP contribution >= 0.6 is 0 Å². The average Bonchev–Trinajstić information content (AvgIpc) is 1.99. The van der Waals surface area contributed by atoms with Crippen LogP contribution in [0.25, 0.3) is 0 Å². The maximum absolute atomic E-state index is 10.8. The molecule has 8 heteroatoms. The lowest BCUT2D eigenvalue weighted by Crippen LogP contribution is -2.09. The molecule has 0 aromatic heterocycles. The molecule has 1 aromatic rings. The van der Waals surface area contributed by atoms with Crippen molar-refractivity contribution in [3.05, 3.63) is 17.7 Å². The van der Waals surface area contributed by atoms with Crippen LogP contribution in [0.15, 0.2) is 17.0 Å². The van der Waals surface area contributed by atoms with E-state index in [9.17, 15) is 13.2 Å². The molecule has 82 valence electrons. The fourth-order valence-corrected chi connectivity index (χ4v) is 1.81. The molecule has 0 spiro atoms. The molecule has 0 aliphatic carbocycles. The molecule has 0 saturated heterocycles. The summed E-state index contributed by atoms with van der Waals surface area (Å²) in [5.74, 6) is -1.30. The lowest BCUT2D eigenvalue weighted by Gasteiger charge is -2.07. The lowest BCUT2D eigenvalue weighted by atomic mass is 10.2. The minimum absolute atomic E-state index is 0.252. The molecule has 0 amide bonds. The highest BCUT2D eigenvalue weighted by Gasteiger charge is 2.20. The van der Waals surface area contributed by atoms with Crippen LogP contribution in [-0.4, -0.2) is 24.0 Å². The molecule has 0 aliphatic heterocycles. The van der Waals surface area contributed by atoms with Crippen molar-refractivity contribution in [1.29, 1.82) is 0 Å². The summed E-state index contributed by atoms with van der Waals surface area (Å²) in [6.45, 7) is 0. The fourth-order valence-electron chi connectivity index (χ4n) is 1.10. The molecule has 0 heterocycles. The van der Waals surface area contributed by atoms with Gasteiger partial charge in [-0.2, -0.15) is 8.42 Å². The molecule has 0 atom stereocenters. The van der Waals surface area contributed by atoms with E-state index in [1.54, 1.807) is 0 Å². The maximum atomic E-state index is 10.8. The van der Waals surface area contributed by atoms with Crippen molar-refractivity contribution in [2.75, 3.05) is 11.5 Å². The zero-order valence-corrected chi connectivity index (χ0v) is 8.15. The summed E-state index contributed by atoms with van der Waals surface area (Å²) in [6.07, 6.45) is 0. The summed E-state index contributed by atoms with van der Waals surface area (Å²) in [6, 6.07) is 1.81. The number of rotatable bonds is 2. The number of aromatic carboxylic acids is 1. The molecule has 0 radical (unpaired) electrons. The van der Waals surface area contributed by atoms with Gasteiger partial charge in [0.05, 0.1) is 16.9 Å². The number of nitrogens with two attached hydrogens (primary N) is 2. The van der Waals surface area contributed by atoms with E-state index in [1.807, 2.05) is 0 Å². The van der Waals surface area contributed by atoms with Crippen LogP contribution < -0.4 is 11.5 Å². The predicted octanol–water partition coefficient (Wildman–Crippen LogP) is -0.204. The minimum Gasteiger partial charge on any atom is -0.478 e. The number of hydrogen-bond acceptors (Lipinski definition) is 5. The average molecular weight is 232 g/mol. The molecule has 1 rings (SSSR count). The Morgan fingerprint density at radius 2 is 1.60 bits per heavy atom. The van der Waals surface area contributed by atoms with Crippen LogP contribution in [-0.2, 0) is 10.1 Å². The van der Waals surface area contributed by atoms with E-state index in [1.165, 1.54) is 0 Å². The highest BCUT2D eigenvalue weighted by Crippen LogP contribution is 2.26. The van der Waals surface area contributed by atoms with Crippen molar-refractivity contribution in [1.82, 2.24) is 0 Å². The van der Waals surface area contributed by atoms with Crippen LogP contribution in [0, 0.1) is 0 Å². The van der Waals surface area contributed by atoms with E-state index < -0.39 is 32.4 Å². The van der Waals surface area contributed by atoms with E-state index in [2.05, 4.69) is 0 Å². The Morgan fingerprint density at radius 1 is 1.20 bits per heavy atom. The summed E-state index contributed by atoms with van der Waals surface area (Å²) in [4.78, 5) is 9.87. The SMILES string of the molecule is Nc1cc(C(=O)O)cc(N)c1S(=O)(=O)O. The molecular weight excluding hydrogens is 224 g/mol. The monoisotopic (exact) mass is 232 g/mol.